The van der Waals surface area contributed by atoms with Crippen molar-refractivity contribution in [1.82, 2.24) is 20.9 Å². The summed E-state index contributed by atoms with van der Waals surface area (Å²) in [6.45, 7) is 4.91. The maximum atomic E-state index is 14.5. The zero-order valence-corrected chi connectivity index (χ0v) is 23.6. The van der Waals surface area contributed by atoms with E-state index in [2.05, 4.69) is 10.6 Å². The number of nitrogens with one attached hydrogen (secondary N) is 3. The van der Waals surface area contributed by atoms with Crippen LogP contribution < -0.4 is 16.0 Å². The lowest BCUT2D eigenvalue weighted by Crippen LogP contribution is -2.60. The van der Waals surface area contributed by atoms with Crippen molar-refractivity contribution in [2.24, 2.45) is 23.2 Å². The molecule has 0 unspecified atom stereocenters. The summed E-state index contributed by atoms with van der Waals surface area (Å²) in [4.78, 5) is 52.4. The minimum absolute atomic E-state index is 0.0826. The number of hydrogen-bond acceptors (Lipinski definition) is 6. The molecule has 1 aliphatic carbocycles. The summed E-state index contributed by atoms with van der Waals surface area (Å²) in [7, 11) is -4.24. The minimum atomic E-state index is -5.22. The number of likely N-dealkylation sites (tertiary alicyclic amines) is 1. The highest BCUT2D eigenvalue weighted by Crippen LogP contribution is 2.43. The fourth-order valence-electron chi connectivity index (χ4n) is 5.79. The van der Waals surface area contributed by atoms with Crippen molar-refractivity contribution in [3.63, 3.8) is 0 Å². The monoisotopic (exact) mass is 596 g/mol. The quantitative estimate of drug-likeness (QED) is 0.364. The molecule has 0 aromatic rings. The molecule has 4 amide bonds. The van der Waals surface area contributed by atoms with Gasteiger partial charge in [0.2, 0.25) is 32.7 Å². The molecule has 2 heterocycles. The van der Waals surface area contributed by atoms with E-state index in [4.69, 9.17) is 0 Å². The maximum absolute atomic E-state index is 14.5. The normalized spacial score (nSPS) is 27.1. The highest BCUT2D eigenvalue weighted by atomic mass is 32.2. The van der Waals surface area contributed by atoms with Crippen molar-refractivity contribution in [3.05, 3.63) is 11.2 Å². The first kappa shape index (κ1) is 31.8. The third kappa shape index (κ3) is 7.32. The molecule has 15 heteroatoms. The Hall–Kier alpha value is -2.71. The molecule has 40 heavy (non-hydrogen) atoms. The van der Waals surface area contributed by atoms with Gasteiger partial charge in [-0.1, -0.05) is 27.2 Å². The lowest BCUT2D eigenvalue weighted by molar-refractivity contribution is -0.176. The Morgan fingerprint density at radius 1 is 1.12 bits per heavy atom. The number of alkyl halides is 3. The van der Waals surface area contributed by atoms with E-state index in [-0.39, 0.29) is 30.7 Å². The van der Waals surface area contributed by atoms with E-state index in [1.54, 1.807) is 5.32 Å². The van der Waals surface area contributed by atoms with E-state index in [0.717, 1.165) is 6.42 Å². The van der Waals surface area contributed by atoms with Crippen LogP contribution in [0.3, 0.4) is 0 Å². The van der Waals surface area contributed by atoms with Gasteiger partial charge in [0.15, 0.2) is 0 Å². The van der Waals surface area contributed by atoms with Gasteiger partial charge in [-0.2, -0.15) is 17.6 Å². The van der Waals surface area contributed by atoms with Crippen LogP contribution in [0.2, 0.25) is 0 Å². The van der Waals surface area contributed by atoms with Crippen molar-refractivity contribution in [2.75, 3.05) is 19.3 Å². The number of sulfone groups is 1. The molecule has 0 aromatic carbocycles. The first-order chi connectivity index (χ1) is 18.3. The average Bonchev–Trinajstić information content (AvgIpc) is 3.50. The van der Waals surface area contributed by atoms with Gasteiger partial charge in [-0.15, -0.1) is 0 Å². The van der Waals surface area contributed by atoms with E-state index < -0.39 is 68.4 Å². The van der Waals surface area contributed by atoms with E-state index in [1.807, 2.05) is 0 Å². The summed E-state index contributed by atoms with van der Waals surface area (Å²) in [6.07, 6.45) is -1.55. The number of fused-ring (bicyclic) bond motifs is 1. The Morgan fingerprint density at radius 3 is 2.30 bits per heavy atom. The van der Waals surface area contributed by atoms with Crippen LogP contribution >= 0.6 is 0 Å². The lowest BCUT2D eigenvalue weighted by Gasteiger charge is -2.36. The number of carbonyl (C=O) groups is 4. The zero-order valence-electron chi connectivity index (χ0n) is 22.8. The van der Waals surface area contributed by atoms with Crippen LogP contribution in [-0.4, -0.2) is 80.6 Å². The van der Waals surface area contributed by atoms with Gasteiger partial charge in [0.05, 0.1) is 6.04 Å². The molecule has 226 valence electrons. The molecule has 0 radical (unpaired) electrons. The number of rotatable bonds is 8. The summed E-state index contributed by atoms with van der Waals surface area (Å²) in [6, 6.07) is -3.95. The summed E-state index contributed by atoms with van der Waals surface area (Å²) in [5.74, 6) is -5.25. The molecule has 3 N–H and O–H groups in total. The number of nitrogens with zero attached hydrogens (tertiary/aromatic N) is 1. The van der Waals surface area contributed by atoms with Gasteiger partial charge < -0.3 is 20.9 Å². The first-order valence-electron chi connectivity index (χ1n) is 13.1. The topological polar surface area (TPSA) is 142 Å². The van der Waals surface area contributed by atoms with Gasteiger partial charge >= 0.3 is 12.1 Å². The number of carbonyl (C=O) groups excluding carboxylic acids is 4. The lowest BCUT2D eigenvalue weighted by atomic mass is 9.85. The standard InChI is InChI=1S/C25H36F4N4O6S/c1-24(2,3)19(32-23(37)25(27,28)29)22(36)33-12-14-6-5-7-16(14)18(33)21(35)31-15(11-17(26)40(4,38)39)10-13-8-9-30-20(13)34/h11,13-16,18-19H,5-10,12H2,1-4H3,(H,30,34)(H,31,35)(H,32,37)/b17-11-/t13-,14+,15+,16+,18+,19-/m0/s1. The Balaban J connectivity index is 1.91. The van der Waals surface area contributed by atoms with Crippen LogP contribution in [0.15, 0.2) is 11.2 Å². The number of halogens is 4. The van der Waals surface area contributed by atoms with Crippen molar-refractivity contribution in [1.29, 1.82) is 0 Å². The summed E-state index contributed by atoms with van der Waals surface area (Å²) < 4.78 is 77.1. The molecule has 2 aliphatic heterocycles. The fraction of sp³-hybridized carbons (Fsp3) is 0.760. The third-order valence-electron chi connectivity index (χ3n) is 7.80. The average molecular weight is 597 g/mol. The van der Waals surface area contributed by atoms with Gasteiger partial charge in [0, 0.05) is 25.3 Å². The van der Waals surface area contributed by atoms with Crippen LogP contribution in [-0.2, 0) is 29.0 Å². The van der Waals surface area contributed by atoms with E-state index in [9.17, 15) is 45.2 Å². The smallest absolute Gasteiger partial charge is 0.356 e. The third-order valence-corrected chi connectivity index (χ3v) is 8.65. The largest absolute Gasteiger partial charge is 0.471 e. The Kier molecular flexibility index (Phi) is 9.26. The predicted molar refractivity (Wildman–Crippen MR) is 135 cm³/mol. The van der Waals surface area contributed by atoms with E-state index >= 15 is 0 Å². The predicted octanol–water partition coefficient (Wildman–Crippen LogP) is 1.57. The van der Waals surface area contributed by atoms with Crippen molar-refractivity contribution in [2.45, 2.75) is 77.2 Å². The second-order valence-electron chi connectivity index (χ2n) is 11.9. The maximum Gasteiger partial charge on any atom is 0.471 e. The molecule has 3 fully saturated rings. The molecular weight excluding hydrogens is 560 g/mol. The summed E-state index contributed by atoms with van der Waals surface area (Å²) in [5.41, 5.74) is -1.14. The fourth-order valence-corrected chi connectivity index (χ4v) is 6.20. The molecule has 0 aromatic heterocycles. The molecule has 3 rings (SSSR count). The first-order valence-corrected chi connectivity index (χ1v) is 15.0. The second-order valence-corrected chi connectivity index (χ2v) is 13.9. The van der Waals surface area contributed by atoms with Crippen molar-refractivity contribution in [3.8, 4) is 0 Å². The van der Waals surface area contributed by atoms with Crippen LogP contribution in [0.1, 0.15) is 52.9 Å². The highest BCUT2D eigenvalue weighted by molar-refractivity contribution is 7.94. The number of amides is 4. The molecular formula is C25H36F4N4O6S. The Bertz CT molecular complexity index is 1170. The van der Waals surface area contributed by atoms with E-state index in [0.29, 0.717) is 38.1 Å². The van der Waals surface area contributed by atoms with Crippen molar-refractivity contribution >= 4 is 33.5 Å². The van der Waals surface area contributed by atoms with Gasteiger partial charge in [-0.3, -0.25) is 19.2 Å². The van der Waals surface area contributed by atoms with Gasteiger partial charge in [-0.25, -0.2) is 8.42 Å². The van der Waals surface area contributed by atoms with E-state index in [1.165, 1.54) is 25.7 Å². The molecule has 10 nitrogen and oxygen atoms in total. The van der Waals surface area contributed by atoms with Crippen LogP contribution in [0.5, 0.6) is 0 Å². The second kappa shape index (κ2) is 11.6. The molecule has 3 aliphatic rings. The molecule has 6 atom stereocenters. The SMILES string of the molecule is CC(C)(C)[C@@H](NC(=O)C(F)(F)F)C(=O)N1C[C@H]2CCC[C@H]2[C@@H]1C(=O)N[C@@H](/C=C(/F)S(C)(=O)=O)C[C@@H]1CCNC1=O. The van der Waals surface area contributed by atoms with Crippen LogP contribution in [0.25, 0.3) is 0 Å². The van der Waals surface area contributed by atoms with Crippen LogP contribution in [0, 0.1) is 23.2 Å². The molecule has 0 bridgehead atoms. The Labute approximate surface area is 230 Å². The summed E-state index contributed by atoms with van der Waals surface area (Å²) in [5, 5.41) is 5.50. The van der Waals surface area contributed by atoms with Crippen LogP contribution in [0.4, 0.5) is 17.6 Å². The van der Waals surface area contributed by atoms with Crippen molar-refractivity contribution < 1.29 is 45.2 Å². The number of hydrogen-bond donors (Lipinski definition) is 3. The molecule has 2 saturated heterocycles. The van der Waals surface area contributed by atoms with Gasteiger partial charge in [0.1, 0.15) is 12.1 Å². The summed E-state index contributed by atoms with van der Waals surface area (Å²) >= 11 is 0. The van der Waals surface area contributed by atoms with Gasteiger partial charge in [-0.05, 0) is 49.0 Å². The highest BCUT2D eigenvalue weighted by Gasteiger charge is 2.53. The molecule has 1 saturated carbocycles. The zero-order chi connectivity index (χ0) is 30.2. The Morgan fingerprint density at radius 2 is 1.77 bits per heavy atom. The van der Waals surface area contributed by atoms with Gasteiger partial charge in [0.25, 0.3) is 0 Å². The molecule has 0 spiro atoms. The minimum Gasteiger partial charge on any atom is -0.356 e.